The van der Waals surface area contributed by atoms with Gasteiger partial charge in [-0.25, -0.2) is 18.4 Å². The number of aromatic nitrogens is 3. The van der Waals surface area contributed by atoms with Gasteiger partial charge in [0.05, 0.1) is 29.7 Å². The summed E-state index contributed by atoms with van der Waals surface area (Å²) in [5.74, 6) is 0.155. The first kappa shape index (κ1) is 26.3. The second-order valence-electron chi connectivity index (χ2n) is 9.72. The Morgan fingerprint density at radius 3 is 2.58 bits per heavy atom. The molecule has 2 amide bonds. The highest BCUT2D eigenvalue weighted by atomic mass is 32.2. The molecule has 0 spiro atoms. The summed E-state index contributed by atoms with van der Waals surface area (Å²) in [6.45, 7) is 6.03. The van der Waals surface area contributed by atoms with Gasteiger partial charge in [0.15, 0.2) is 5.13 Å². The Morgan fingerprint density at radius 1 is 1.11 bits per heavy atom. The minimum absolute atomic E-state index is 0.118. The number of rotatable bonds is 6. The Morgan fingerprint density at radius 2 is 1.87 bits per heavy atom. The van der Waals surface area contributed by atoms with E-state index in [4.69, 9.17) is 9.72 Å². The van der Waals surface area contributed by atoms with Gasteiger partial charge >= 0.3 is 0 Å². The quantitative estimate of drug-likeness (QED) is 0.489. The molecule has 38 heavy (non-hydrogen) atoms. The zero-order chi connectivity index (χ0) is 27.0. The summed E-state index contributed by atoms with van der Waals surface area (Å²) in [5.41, 5.74) is 1.59. The van der Waals surface area contributed by atoms with Crippen molar-refractivity contribution in [2.75, 3.05) is 36.1 Å². The maximum Gasteiger partial charge on any atom is 0.256 e. The fourth-order valence-corrected chi connectivity index (χ4v) is 6.20. The third kappa shape index (κ3) is 5.59. The van der Waals surface area contributed by atoms with Crippen LogP contribution in [0.2, 0.25) is 0 Å². The summed E-state index contributed by atoms with van der Waals surface area (Å²) in [5, 5.41) is 5.12. The SMILES string of the molecule is C[C@@H]1CN(c2cccc(-c3csc(NC(=O)C4CCCN4C(=O)c4ccn(S(C)(=O)=O)c4)n3)n2)C[C@H](C)O1. The summed E-state index contributed by atoms with van der Waals surface area (Å²) in [6, 6.07) is 6.59. The molecule has 0 aromatic carbocycles. The molecular formula is C25H30N6O5S2. The number of thiazole rings is 1. The van der Waals surface area contributed by atoms with Gasteiger partial charge in [0.2, 0.25) is 15.9 Å². The molecular weight excluding hydrogens is 528 g/mol. The first-order valence-corrected chi connectivity index (χ1v) is 15.1. The molecule has 5 heterocycles. The third-order valence-electron chi connectivity index (χ3n) is 6.59. The Balaban J connectivity index is 1.27. The van der Waals surface area contributed by atoms with Gasteiger partial charge in [-0.15, -0.1) is 11.3 Å². The number of amides is 2. The lowest BCUT2D eigenvalue weighted by Crippen LogP contribution is -2.45. The summed E-state index contributed by atoms with van der Waals surface area (Å²) in [4.78, 5) is 39.2. The van der Waals surface area contributed by atoms with Gasteiger partial charge in [-0.05, 0) is 44.9 Å². The number of likely N-dealkylation sites (tertiary alicyclic amines) is 1. The molecule has 3 atom stereocenters. The minimum Gasteiger partial charge on any atom is -0.372 e. The van der Waals surface area contributed by atoms with E-state index in [0.29, 0.717) is 35.9 Å². The summed E-state index contributed by atoms with van der Waals surface area (Å²) in [7, 11) is -3.50. The van der Waals surface area contributed by atoms with Crippen molar-refractivity contribution >= 4 is 44.1 Å². The predicted molar refractivity (Wildman–Crippen MR) is 145 cm³/mol. The van der Waals surface area contributed by atoms with E-state index in [1.807, 2.05) is 37.4 Å². The van der Waals surface area contributed by atoms with Crippen LogP contribution < -0.4 is 10.2 Å². The number of carbonyl (C=O) groups excluding carboxylic acids is 2. The smallest absolute Gasteiger partial charge is 0.256 e. The number of nitrogens with zero attached hydrogens (tertiary/aromatic N) is 5. The number of anilines is 2. The van der Waals surface area contributed by atoms with Crippen molar-refractivity contribution in [3.8, 4) is 11.4 Å². The molecule has 3 aromatic heterocycles. The summed E-state index contributed by atoms with van der Waals surface area (Å²) >= 11 is 1.30. The molecule has 3 aromatic rings. The first-order valence-electron chi connectivity index (χ1n) is 12.4. The van der Waals surface area contributed by atoms with Gasteiger partial charge < -0.3 is 19.9 Å². The van der Waals surface area contributed by atoms with Crippen LogP contribution in [0.15, 0.2) is 42.0 Å². The molecule has 0 radical (unpaired) electrons. The molecule has 2 fully saturated rings. The average molecular weight is 559 g/mol. The van der Waals surface area contributed by atoms with Crippen molar-refractivity contribution in [3.05, 3.63) is 47.6 Å². The van der Waals surface area contributed by atoms with Crippen molar-refractivity contribution in [1.82, 2.24) is 18.8 Å². The molecule has 11 nitrogen and oxygen atoms in total. The van der Waals surface area contributed by atoms with E-state index in [-0.39, 0.29) is 29.6 Å². The van der Waals surface area contributed by atoms with Crippen LogP contribution >= 0.6 is 11.3 Å². The minimum atomic E-state index is -3.50. The number of pyridine rings is 1. The van der Waals surface area contributed by atoms with Gasteiger partial charge in [-0.3, -0.25) is 13.6 Å². The predicted octanol–water partition coefficient (Wildman–Crippen LogP) is 2.67. The van der Waals surface area contributed by atoms with E-state index >= 15 is 0 Å². The molecule has 1 N–H and O–H groups in total. The van der Waals surface area contributed by atoms with E-state index in [1.165, 1.54) is 34.7 Å². The molecule has 0 saturated carbocycles. The molecule has 0 aliphatic carbocycles. The van der Waals surface area contributed by atoms with Crippen molar-refractivity contribution in [2.24, 2.45) is 0 Å². The van der Waals surface area contributed by atoms with E-state index in [1.54, 1.807) is 0 Å². The monoisotopic (exact) mass is 558 g/mol. The van der Waals surface area contributed by atoms with Crippen LogP contribution in [-0.4, -0.2) is 83.2 Å². The van der Waals surface area contributed by atoms with Crippen molar-refractivity contribution in [3.63, 3.8) is 0 Å². The number of hydrogen-bond acceptors (Lipinski definition) is 9. The molecule has 2 saturated heterocycles. The molecule has 0 bridgehead atoms. The summed E-state index contributed by atoms with van der Waals surface area (Å²) in [6.07, 6.45) is 5.09. The zero-order valence-electron chi connectivity index (χ0n) is 21.4. The highest BCUT2D eigenvalue weighted by molar-refractivity contribution is 7.89. The van der Waals surface area contributed by atoms with Crippen LogP contribution in [0.3, 0.4) is 0 Å². The van der Waals surface area contributed by atoms with Crippen LogP contribution in [0.1, 0.15) is 37.0 Å². The van der Waals surface area contributed by atoms with E-state index in [2.05, 4.69) is 15.2 Å². The highest BCUT2D eigenvalue weighted by Gasteiger charge is 2.35. The normalized spacial score (nSPS) is 22.0. The molecule has 202 valence electrons. The van der Waals surface area contributed by atoms with Crippen LogP contribution in [-0.2, 0) is 19.6 Å². The fraction of sp³-hybridized carbons (Fsp3) is 0.440. The van der Waals surface area contributed by atoms with Crippen LogP contribution in [0.4, 0.5) is 10.9 Å². The lowest BCUT2D eigenvalue weighted by Gasteiger charge is -2.36. The van der Waals surface area contributed by atoms with Crippen molar-refractivity contribution in [2.45, 2.75) is 44.9 Å². The Bertz CT molecular complexity index is 1440. The summed E-state index contributed by atoms with van der Waals surface area (Å²) < 4.78 is 30.3. The van der Waals surface area contributed by atoms with Crippen LogP contribution in [0, 0.1) is 0 Å². The van der Waals surface area contributed by atoms with E-state index in [0.717, 1.165) is 29.1 Å². The van der Waals surface area contributed by atoms with Gasteiger partial charge in [0.25, 0.3) is 5.91 Å². The van der Waals surface area contributed by atoms with Crippen LogP contribution in [0.5, 0.6) is 0 Å². The van der Waals surface area contributed by atoms with E-state index in [9.17, 15) is 18.0 Å². The second-order valence-corrected chi connectivity index (χ2v) is 12.5. The molecule has 13 heteroatoms. The molecule has 2 aliphatic rings. The maximum absolute atomic E-state index is 13.1. The molecule has 5 rings (SSSR count). The number of carbonyl (C=O) groups is 2. The topological polar surface area (TPSA) is 127 Å². The first-order chi connectivity index (χ1) is 18.1. The van der Waals surface area contributed by atoms with Crippen LogP contribution in [0.25, 0.3) is 11.4 Å². The van der Waals surface area contributed by atoms with Gasteiger partial charge in [0, 0.05) is 37.4 Å². The van der Waals surface area contributed by atoms with Gasteiger partial charge in [-0.2, -0.15) is 0 Å². The largest absolute Gasteiger partial charge is 0.372 e. The number of ether oxygens (including phenoxy) is 1. The maximum atomic E-state index is 13.1. The van der Waals surface area contributed by atoms with Gasteiger partial charge in [-0.1, -0.05) is 6.07 Å². The highest BCUT2D eigenvalue weighted by Crippen LogP contribution is 2.28. The van der Waals surface area contributed by atoms with Gasteiger partial charge in [0.1, 0.15) is 17.6 Å². The van der Waals surface area contributed by atoms with E-state index < -0.39 is 16.1 Å². The second kappa shape index (κ2) is 10.5. The number of nitrogens with one attached hydrogen (secondary N) is 1. The lowest BCUT2D eigenvalue weighted by atomic mass is 10.2. The standard InChI is InChI=1S/C25H30N6O5S2/c1-16-12-29(13-17(2)36-16)22-8-4-6-19(26-22)20-15-37-25(27-20)28-23(32)21-7-5-10-31(21)24(33)18-9-11-30(14-18)38(3,34)35/h4,6,8-9,11,14-17,21H,5,7,10,12-13H2,1-3H3,(H,27,28,32)/t16-,17+,21?. The van der Waals surface area contributed by atoms with Crippen molar-refractivity contribution < 1.29 is 22.7 Å². The average Bonchev–Trinajstić information content (AvgIpc) is 3.63. The number of morpholine rings is 1. The lowest BCUT2D eigenvalue weighted by molar-refractivity contribution is -0.119. The molecule has 1 unspecified atom stereocenters. The van der Waals surface area contributed by atoms with Crippen molar-refractivity contribution in [1.29, 1.82) is 0 Å². The third-order valence-corrected chi connectivity index (χ3v) is 8.34. The zero-order valence-corrected chi connectivity index (χ0v) is 23.0. The Labute approximate surface area is 225 Å². The molecule has 2 aliphatic heterocycles. The Hall–Kier alpha value is -3.29. The fourth-order valence-electron chi connectivity index (χ4n) is 4.90. The number of hydrogen-bond donors (Lipinski definition) is 1. The Kier molecular flexibility index (Phi) is 7.25.